The highest BCUT2D eigenvalue weighted by Gasteiger charge is 2.52. The lowest BCUT2D eigenvalue weighted by atomic mass is 9.86. The summed E-state index contributed by atoms with van der Waals surface area (Å²) in [4.78, 5) is 9.53. The number of rotatable bonds is 3. The van der Waals surface area contributed by atoms with Crippen LogP contribution in [-0.2, 0) is 6.18 Å². The van der Waals surface area contributed by atoms with Crippen LogP contribution in [-0.4, -0.2) is 34.9 Å². The largest absolute Gasteiger partial charge is 0.416 e. The smallest absolute Gasteiger partial charge is 0.293 e. The van der Waals surface area contributed by atoms with Crippen molar-refractivity contribution in [3.05, 3.63) is 59.1 Å². The van der Waals surface area contributed by atoms with Gasteiger partial charge in [0.25, 0.3) is 0 Å². The third kappa shape index (κ3) is 4.23. The Hall–Kier alpha value is -1.96. The summed E-state index contributed by atoms with van der Waals surface area (Å²) in [6, 6.07) is 12.3. The molecule has 8 heteroatoms. The summed E-state index contributed by atoms with van der Waals surface area (Å²) in [6.07, 6.45) is -2.27. The molecule has 3 nitrogen and oxygen atoms in total. The monoisotopic (exact) mass is 465 g/mol. The van der Waals surface area contributed by atoms with Crippen molar-refractivity contribution in [2.75, 3.05) is 18.0 Å². The molecule has 1 atom stereocenters. The number of anilines is 1. The van der Waals surface area contributed by atoms with Crippen LogP contribution in [0.1, 0.15) is 32.3 Å². The maximum atomic E-state index is 13.4. The molecule has 2 aromatic rings. The number of nitrogens with zero attached hydrogens (tertiary/aromatic N) is 3. The maximum Gasteiger partial charge on any atom is 0.416 e. The van der Waals surface area contributed by atoms with Gasteiger partial charge in [0, 0.05) is 16.1 Å². The van der Waals surface area contributed by atoms with Crippen LogP contribution in [0.5, 0.6) is 0 Å². The van der Waals surface area contributed by atoms with Crippen LogP contribution in [0.2, 0.25) is 5.02 Å². The van der Waals surface area contributed by atoms with Crippen LogP contribution >= 0.6 is 23.8 Å². The molecule has 0 N–H and O–H groups in total. The van der Waals surface area contributed by atoms with E-state index in [0.29, 0.717) is 27.2 Å². The molecule has 2 heterocycles. The Kier molecular flexibility index (Phi) is 5.87. The Morgan fingerprint density at radius 1 is 1.06 bits per heavy atom. The van der Waals surface area contributed by atoms with Gasteiger partial charge in [-0.2, -0.15) is 13.2 Å². The predicted molar refractivity (Wildman–Crippen MR) is 123 cm³/mol. The van der Waals surface area contributed by atoms with E-state index in [0.717, 1.165) is 38.1 Å². The molecule has 0 spiro atoms. The molecule has 0 unspecified atom stereocenters. The van der Waals surface area contributed by atoms with Crippen LogP contribution < -0.4 is 4.90 Å². The summed E-state index contributed by atoms with van der Waals surface area (Å²) in [5.41, 5.74) is -0.122. The minimum absolute atomic E-state index is 0.132. The second-order valence-electron chi connectivity index (χ2n) is 8.50. The molecular formula is C23H23ClF3N3S. The number of alkyl halides is 3. The summed E-state index contributed by atoms with van der Waals surface area (Å²) in [6.45, 7) is 5.91. The summed E-state index contributed by atoms with van der Waals surface area (Å²) < 4.78 is 40.2. The fourth-order valence-corrected chi connectivity index (χ4v) is 4.84. The lowest BCUT2D eigenvalue weighted by Gasteiger charge is -2.32. The molecule has 0 aromatic heterocycles. The number of amidine groups is 1. The Morgan fingerprint density at radius 3 is 2.32 bits per heavy atom. The first-order valence-electron chi connectivity index (χ1n) is 10.2. The highest BCUT2D eigenvalue weighted by molar-refractivity contribution is 7.80. The van der Waals surface area contributed by atoms with E-state index >= 15 is 0 Å². The second kappa shape index (κ2) is 8.19. The van der Waals surface area contributed by atoms with Crippen molar-refractivity contribution in [2.24, 2.45) is 10.4 Å². The Morgan fingerprint density at radius 2 is 1.71 bits per heavy atom. The standard InChI is InChI=1S/C23H23ClF3N3S/c1-22(2)19(29-12-3-4-13-29)20(28-17-10-8-16(24)9-11-17)30(21(22)31)18-7-5-6-15(14-18)23(25,26)27/h5-11,14,19H,3-4,12-13H2,1-2H3/t19-/m0/s1. The van der Waals surface area contributed by atoms with Gasteiger partial charge in [-0.3, -0.25) is 9.80 Å². The van der Waals surface area contributed by atoms with Gasteiger partial charge in [-0.15, -0.1) is 0 Å². The highest BCUT2D eigenvalue weighted by Crippen LogP contribution is 2.43. The molecule has 0 aliphatic carbocycles. The molecule has 2 fully saturated rings. The van der Waals surface area contributed by atoms with Gasteiger partial charge < -0.3 is 0 Å². The Balaban J connectivity index is 1.87. The normalized spacial score (nSPS) is 23.2. The molecular weight excluding hydrogens is 443 g/mol. The number of hydrogen-bond donors (Lipinski definition) is 0. The van der Waals surface area contributed by atoms with E-state index in [1.54, 1.807) is 35.2 Å². The van der Waals surface area contributed by atoms with Crippen LogP contribution in [0.3, 0.4) is 0 Å². The van der Waals surface area contributed by atoms with E-state index in [4.69, 9.17) is 28.8 Å². The molecule has 2 aliphatic heterocycles. The maximum absolute atomic E-state index is 13.4. The van der Waals surface area contributed by atoms with Crippen LogP contribution in [0.4, 0.5) is 24.5 Å². The number of thiocarbonyl (C=S) groups is 1. The van der Waals surface area contributed by atoms with E-state index in [1.807, 2.05) is 13.8 Å². The molecule has 2 saturated heterocycles. The molecule has 2 aromatic carbocycles. The van der Waals surface area contributed by atoms with Crippen LogP contribution in [0, 0.1) is 5.41 Å². The molecule has 0 bridgehead atoms. The van der Waals surface area contributed by atoms with Gasteiger partial charge in [-0.25, -0.2) is 4.99 Å². The van der Waals surface area contributed by atoms with Gasteiger partial charge in [0.2, 0.25) is 0 Å². The minimum Gasteiger partial charge on any atom is -0.293 e. The Labute approximate surface area is 190 Å². The van der Waals surface area contributed by atoms with Crippen LogP contribution in [0.25, 0.3) is 0 Å². The SMILES string of the molecule is CC1(C)C(=S)N(c2cccc(C(F)(F)F)c2)C(=Nc2ccc(Cl)cc2)[C@@H]1N1CCCC1. The first-order chi connectivity index (χ1) is 14.6. The summed E-state index contributed by atoms with van der Waals surface area (Å²) in [7, 11) is 0. The first kappa shape index (κ1) is 22.2. The van der Waals surface area contributed by atoms with Gasteiger partial charge in [0.05, 0.1) is 22.3 Å². The van der Waals surface area contributed by atoms with Crippen molar-refractivity contribution in [1.29, 1.82) is 0 Å². The summed E-state index contributed by atoms with van der Waals surface area (Å²) in [5, 5.41) is 0.594. The molecule has 0 radical (unpaired) electrons. The van der Waals surface area contributed by atoms with Gasteiger partial charge in [0.15, 0.2) is 0 Å². The van der Waals surface area contributed by atoms with Crippen molar-refractivity contribution in [2.45, 2.75) is 38.9 Å². The fraction of sp³-hybridized carbons (Fsp3) is 0.391. The zero-order valence-corrected chi connectivity index (χ0v) is 18.9. The van der Waals surface area contributed by atoms with E-state index < -0.39 is 17.2 Å². The summed E-state index contributed by atoms with van der Waals surface area (Å²) >= 11 is 11.9. The average molecular weight is 466 g/mol. The lowest BCUT2D eigenvalue weighted by Crippen LogP contribution is -2.46. The highest BCUT2D eigenvalue weighted by atomic mass is 35.5. The molecule has 164 valence electrons. The second-order valence-corrected chi connectivity index (χ2v) is 9.33. The third-order valence-electron chi connectivity index (χ3n) is 5.92. The first-order valence-corrected chi connectivity index (χ1v) is 11.0. The number of aliphatic imine (C=N–C) groups is 1. The number of benzene rings is 2. The minimum atomic E-state index is -4.44. The predicted octanol–water partition coefficient (Wildman–Crippen LogP) is 6.73. The van der Waals surface area contributed by atoms with Crippen LogP contribution in [0.15, 0.2) is 53.5 Å². The van der Waals surface area contributed by atoms with E-state index in [2.05, 4.69) is 4.90 Å². The van der Waals surface area contributed by atoms with Gasteiger partial charge in [-0.1, -0.05) is 43.7 Å². The molecule has 31 heavy (non-hydrogen) atoms. The summed E-state index contributed by atoms with van der Waals surface area (Å²) in [5.74, 6) is 0.651. The quantitative estimate of drug-likeness (QED) is 0.468. The van der Waals surface area contributed by atoms with E-state index in [1.165, 1.54) is 6.07 Å². The Bertz CT molecular complexity index is 1010. The van der Waals surface area contributed by atoms with Gasteiger partial charge in [-0.05, 0) is 68.4 Å². The molecule has 4 rings (SSSR count). The number of likely N-dealkylation sites (tertiary alicyclic amines) is 1. The average Bonchev–Trinajstić information content (AvgIpc) is 3.29. The topological polar surface area (TPSA) is 18.8 Å². The molecule has 0 saturated carbocycles. The van der Waals surface area contributed by atoms with Crippen molar-refractivity contribution in [3.8, 4) is 0 Å². The van der Waals surface area contributed by atoms with E-state index in [-0.39, 0.29) is 6.04 Å². The van der Waals surface area contributed by atoms with Crippen molar-refractivity contribution >= 4 is 46.0 Å². The fourth-order valence-electron chi connectivity index (χ4n) is 4.40. The molecule has 2 aliphatic rings. The number of hydrogen-bond acceptors (Lipinski definition) is 3. The van der Waals surface area contributed by atoms with Crippen molar-refractivity contribution in [3.63, 3.8) is 0 Å². The zero-order valence-electron chi connectivity index (χ0n) is 17.3. The number of halogens is 4. The van der Waals surface area contributed by atoms with Crippen molar-refractivity contribution < 1.29 is 13.2 Å². The lowest BCUT2D eigenvalue weighted by molar-refractivity contribution is -0.137. The van der Waals surface area contributed by atoms with Gasteiger partial charge >= 0.3 is 6.18 Å². The van der Waals surface area contributed by atoms with Gasteiger partial charge in [0.1, 0.15) is 5.84 Å². The van der Waals surface area contributed by atoms with Crippen molar-refractivity contribution in [1.82, 2.24) is 4.90 Å². The zero-order chi connectivity index (χ0) is 22.4. The third-order valence-corrected chi connectivity index (χ3v) is 6.88. The van der Waals surface area contributed by atoms with E-state index in [9.17, 15) is 13.2 Å². The molecule has 0 amide bonds.